The minimum Gasteiger partial charge on any atom is -0.311 e. The van der Waals surface area contributed by atoms with Crippen LogP contribution < -0.4 is 5.32 Å². The van der Waals surface area contributed by atoms with Crippen LogP contribution in [-0.4, -0.2) is 12.1 Å². The molecular weight excluding hydrogens is 158 g/mol. The van der Waals surface area contributed by atoms with Crippen molar-refractivity contribution in [1.82, 2.24) is 5.32 Å². The molecule has 1 heteroatoms. The summed E-state index contributed by atoms with van der Waals surface area (Å²) in [5.74, 6) is 0.994. The van der Waals surface area contributed by atoms with E-state index >= 15 is 0 Å². The lowest BCUT2D eigenvalue weighted by Crippen LogP contribution is -2.29. The normalized spacial score (nSPS) is 28.8. The average molecular weight is 183 g/mol. The van der Waals surface area contributed by atoms with Gasteiger partial charge in [-0.2, -0.15) is 0 Å². The molecule has 1 nitrogen and oxygen atoms in total. The van der Waals surface area contributed by atoms with E-state index in [-0.39, 0.29) is 0 Å². The van der Waals surface area contributed by atoms with Crippen LogP contribution in [0.5, 0.6) is 0 Å². The van der Waals surface area contributed by atoms with Crippen LogP contribution in [0, 0.1) is 5.92 Å². The molecule has 0 aromatic rings. The lowest BCUT2D eigenvalue weighted by molar-refractivity contribution is 0.470. The maximum Gasteiger partial charge on any atom is 0.0101 e. The Labute approximate surface area is 83.3 Å². The Bertz CT molecular complexity index is 133. The highest BCUT2D eigenvalue weighted by atomic mass is 15.0. The second-order valence-electron chi connectivity index (χ2n) is 4.57. The predicted octanol–water partition coefficient (Wildman–Crippen LogP) is 3.34. The summed E-state index contributed by atoms with van der Waals surface area (Å²) in [6.07, 6.45) is 8.28. The van der Waals surface area contributed by atoms with E-state index in [1.165, 1.54) is 38.5 Å². The lowest BCUT2D eigenvalue weighted by atomic mass is 10.1. The quantitative estimate of drug-likeness (QED) is 0.597. The number of hydrogen-bond donors (Lipinski definition) is 1. The van der Waals surface area contributed by atoms with Gasteiger partial charge in [-0.05, 0) is 25.7 Å². The summed E-state index contributed by atoms with van der Waals surface area (Å²) in [6.45, 7) is 6.90. The Kier molecular flexibility index (Phi) is 4.79. The second-order valence-corrected chi connectivity index (χ2v) is 4.57. The van der Waals surface area contributed by atoms with Gasteiger partial charge in [0.1, 0.15) is 0 Å². The van der Waals surface area contributed by atoms with Crippen LogP contribution in [0.25, 0.3) is 0 Å². The molecule has 0 bridgehead atoms. The zero-order chi connectivity index (χ0) is 9.68. The first-order valence-corrected chi connectivity index (χ1v) is 6.04. The Morgan fingerprint density at radius 2 is 2.08 bits per heavy atom. The van der Waals surface area contributed by atoms with Gasteiger partial charge in [0, 0.05) is 12.1 Å². The molecule has 0 radical (unpaired) electrons. The molecule has 1 N–H and O–H groups in total. The summed E-state index contributed by atoms with van der Waals surface area (Å²) in [4.78, 5) is 0. The van der Waals surface area contributed by atoms with Crippen molar-refractivity contribution in [3.63, 3.8) is 0 Å². The molecule has 1 saturated carbocycles. The fourth-order valence-corrected chi connectivity index (χ4v) is 2.05. The van der Waals surface area contributed by atoms with E-state index in [0.717, 1.165) is 18.0 Å². The standard InChI is InChI=1S/C12H25N/c1-4-6-7-8-10(3)13-12-9-11(12)5-2/h10-13H,4-9H2,1-3H3. The van der Waals surface area contributed by atoms with Gasteiger partial charge in [-0.15, -0.1) is 0 Å². The van der Waals surface area contributed by atoms with Crippen molar-refractivity contribution in [2.75, 3.05) is 0 Å². The van der Waals surface area contributed by atoms with E-state index in [9.17, 15) is 0 Å². The lowest BCUT2D eigenvalue weighted by Gasteiger charge is -2.12. The van der Waals surface area contributed by atoms with Crippen molar-refractivity contribution in [3.05, 3.63) is 0 Å². The SMILES string of the molecule is CCCCCC(C)NC1CC1CC. The van der Waals surface area contributed by atoms with Crippen LogP contribution in [0.15, 0.2) is 0 Å². The van der Waals surface area contributed by atoms with Gasteiger partial charge in [0.25, 0.3) is 0 Å². The van der Waals surface area contributed by atoms with Gasteiger partial charge in [-0.3, -0.25) is 0 Å². The van der Waals surface area contributed by atoms with Crippen LogP contribution >= 0.6 is 0 Å². The molecule has 1 aliphatic rings. The van der Waals surface area contributed by atoms with Gasteiger partial charge in [-0.25, -0.2) is 0 Å². The number of rotatable bonds is 7. The van der Waals surface area contributed by atoms with E-state index in [1.54, 1.807) is 0 Å². The second kappa shape index (κ2) is 5.64. The summed E-state index contributed by atoms with van der Waals surface area (Å²) in [7, 11) is 0. The molecule has 0 spiro atoms. The summed E-state index contributed by atoms with van der Waals surface area (Å²) in [5.41, 5.74) is 0. The third-order valence-electron chi connectivity index (χ3n) is 3.19. The Balaban J connectivity index is 1.95. The van der Waals surface area contributed by atoms with E-state index < -0.39 is 0 Å². The minimum atomic E-state index is 0.744. The summed E-state index contributed by atoms with van der Waals surface area (Å²) < 4.78 is 0. The van der Waals surface area contributed by atoms with Crippen molar-refractivity contribution in [2.45, 2.75) is 71.4 Å². The topological polar surface area (TPSA) is 12.0 Å². The van der Waals surface area contributed by atoms with Crippen LogP contribution in [0.4, 0.5) is 0 Å². The molecule has 1 fully saturated rings. The van der Waals surface area contributed by atoms with Crippen molar-refractivity contribution in [3.8, 4) is 0 Å². The van der Waals surface area contributed by atoms with E-state index in [0.29, 0.717) is 0 Å². The summed E-state index contributed by atoms with van der Waals surface area (Å²) in [5, 5.41) is 3.71. The zero-order valence-electron chi connectivity index (χ0n) is 9.47. The third kappa shape index (κ3) is 4.12. The van der Waals surface area contributed by atoms with Crippen LogP contribution in [0.1, 0.15) is 59.3 Å². The highest BCUT2D eigenvalue weighted by molar-refractivity contribution is 4.93. The highest BCUT2D eigenvalue weighted by Gasteiger charge is 2.35. The maximum atomic E-state index is 3.71. The average Bonchev–Trinajstić information content (AvgIpc) is 2.84. The molecular formula is C12H25N. The van der Waals surface area contributed by atoms with Crippen LogP contribution in [-0.2, 0) is 0 Å². The summed E-state index contributed by atoms with van der Waals surface area (Å²) >= 11 is 0. The molecule has 1 rings (SSSR count). The number of hydrogen-bond acceptors (Lipinski definition) is 1. The molecule has 1 aliphatic carbocycles. The fourth-order valence-electron chi connectivity index (χ4n) is 2.05. The molecule has 0 heterocycles. The predicted molar refractivity (Wildman–Crippen MR) is 58.9 cm³/mol. The van der Waals surface area contributed by atoms with Gasteiger partial charge >= 0.3 is 0 Å². The molecule has 3 unspecified atom stereocenters. The third-order valence-corrected chi connectivity index (χ3v) is 3.19. The molecule has 0 aliphatic heterocycles. The maximum absolute atomic E-state index is 3.71. The zero-order valence-corrected chi connectivity index (χ0v) is 9.47. The minimum absolute atomic E-state index is 0.744. The largest absolute Gasteiger partial charge is 0.311 e. The fraction of sp³-hybridized carbons (Fsp3) is 1.00. The van der Waals surface area contributed by atoms with Crippen LogP contribution in [0.2, 0.25) is 0 Å². The molecule has 3 atom stereocenters. The Morgan fingerprint density at radius 1 is 1.31 bits per heavy atom. The number of unbranched alkanes of at least 4 members (excludes halogenated alkanes) is 2. The van der Waals surface area contributed by atoms with Crippen molar-refractivity contribution in [1.29, 1.82) is 0 Å². The molecule has 13 heavy (non-hydrogen) atoms. The monoisotopic (exact) mass is 183 g/mol. The van der Waals surface area contributed by atoms with Crippen molar-refractivity contribution < 1.29 is 0 Å². The number of nitrogens with one attached hydrogen (secondary N) is 1. The first-order valence-electron chi connectivity index (χ1n) is 6.04. The van der Waals surface area contributed by atoms with Crippen molar-refractivity contribution >= 4 is 0 Å². The molecule has 0 aromatic carbocycles. The van der Waals surface area contributed by atoms with Gasteiger partial charge in [0.15, 0.2) is 0 Å². The van der Waals surface area contributed by atoms with Gasteiger partial charge < -0.3 is 5.32 Å². The van der Waals surface area contributed by atoms with Gasteiger partial charge in [0.05, 0.1) is 0 Å². The van der Waals surface area contributed by atoms with Gasteiger partial charge in [-0.1, -0.05) is 39.5 Å². The first kappa shape index (κ1) is 11.0. The van der Waals surface area contributed by atoms with E-state index in [2.05, 4.69) is 26.1 Å². The Morgan fingerprint density at radius 3 is 2.62 bits per heavy atom. The molecule has 0 amide bonds. The first-order chi connectivity index (χ1) is 6.27. The van der Waals surface area contributed by atoms with Gasteiger partial charge in [0.2, 0.25) is 0 Å². The van der Waals surface area contributed by atoms with E-state index in [4.69, 9.17) is 0 Å². The van der Waals surface area contributed by atoms with Crippen LogP contribution in [0.3, 0.4) is 0 Å². The molecule has 0 saturated heterocycles. The summed E-state index contributed by atoms with van der Waals surface area (Å²) in [6, 6.07) is 1.61. The molecule has 78 valence electrons. The Hall–Kier alpha value is -0.0400. The smallest absolute Gasteiger partial charge is 0.0101 e. The van der Waals surface area contributed by atoms with Crippen molar-refractivity contribution in [2.24, 2.45) is 5.92 Å². The highest BCUT2D eigenvalue weighted by Crippen LogP contribution is 2.33. The molecule has 0 aromatic heterocycles. The van der Waals surface area contributed by atoms with E-state index in [1.807, 2.05) is 0 Å².